The molecule has 16 heavy (non-hydrogen) atoms. The first-order valence-electron chi connectivity index (χ1n) is 5.33. The molecule has 0 saturated carbocycles. The zero-order valence-corrected chi connectivity index (χ0v) is 9.29. The summed E-state index contributed by atoms with van der Waals surface area (Å²) in [7, 11) is 0. The van der Waals surface area contributed by atoms with E-state index in [1.165, 1.54) is 12.3 Å². The van der Waals surface area contributed by atoms with Crippen molar-refractivity contribution in [2.75, 3.05) is 19.6 Å². The Kier molecular flexibility index (Phi) is 5.42. The molecule has 0 saturated heterocycles. The van der Waals surface area contributed by atoms with E-state index >= 15 is 0 Å². The molecule has 0 aromatic carbocycles. The largest absolute Gasteiger partial charge is 0.352 e. The van der Waals surface area contributed by atoms with Gasteiger partial charge >= 0.3 is 0 Å². The molecule has 1 aromatic heterocycles. The first-order chi connectivity index (χ1) is 7.74. The van der Waals surface area contributed by atoms with Crippen LogP contribution in [0.15, 0.2) is 18.5 Å². The minimum Gasteiger partial charge on any atom is -0.352 e. The van der Waals surface area contributed by atoms with Gasteiger partial charge in [0.25, 0.3) is 5.91 Å². The van der Waals surface area contributed by atoms with Gasteiger partial charge in [-0.3, -0.25) is 9.78 Å². The summed E-state index contributed by atoms with van der Waals surface area (Å²) >= 11 is 0. The maximum atomic E-state index is 12.8. The van der Waals surface area contributed by atoms with Crippen molar-refractivity contribution in [3.05, 3.63) is 29.8 Å². The van der Waals surface area contributed by atoms with Gasteiger partial charge in [-0.2, -0.15) is 0 Å². The maximum absolute atomic E-state index is 12.8. The summed E-state index contributed by atoms with van der Waals surface area (Å²) < 4.78 is 12.8. The van der Waals surface area contributed by atoms with E-state index < -0.39 is 5.82 Å². The van der Waals surface area contributed by atoms with Gasteiger partial charge in [0.05, 0.1) is 11.8 Å². The van der Waals surface area contributed by atoms with Crippen molar-refractivity contribution in [3.63, 3.8) is 0 Å². The number of hydrogen-bond donors (Lipinski definition) is 2. The van der Waals surface area contributed by atoms with Crippen LogP contribution in [0.5, 0.6) is 0 Å². The summed E-state index contributed by atoms with van der Waals surface area (Å²) in [5.41, 5.74) is 0.253. The van der Waals surface area contributed by atoms with Crippen molar-refractivity contribution in [2.45, 2.75) is 13.3 Å². The average Bonchev–Trinajstić information content (AvgIpc) is 2.28. The predicted octanol–water partition coefficient (Wildman–Crippen LogP) is 0.950. The average molecular weight is 225 g/mol. The van der Waals surface area contributed by atoms with E-state index in [-0.39, 0.29) is 11.5 Å². The summed E-state index contributed by atoms with van der Waals surface area (Å²) in [6.07, 6.45) is 3.27. The summed E-state index contributed by atoms with van der Waals surface area (Å²) in [6, 6.07) is 1.17. The summed E-state index contributed by atoms with van der Waals surface area (Å²) in [6.45, 7) is 4.37. The zero-order valence-electron chi connectivity index (χ0n) is 9.29. The minimum atomic E-state index is -0.500. The van der Waals surface area contributed by atoms with Crippen LogP contribution in [0.25, 0.3) is 0 Å². The van der Waals surface area contributed by atoms with E-state index in [4.69, 9.17) is 0 Å². The third kappa shape index (κ3) is 4.35. The van der Waals surface area contributed by atoms with Gasteiger partial charge in [0.1, 0.15) is 5.82 Å². The lowest BCUT2D eigenvalue weighted by atomic mass is 10.2. The van der Waals surface area contributed by atoms with Gasteiger partial charge in [0.15, 0.2) is 0 Å². The van der Waals surface area contributed by atoms with Crippen LogP contribution in [-0.2, 0) is 0 Å². The number of carbonyl (C=O) groups is 1. The second-order valence-corrected chi connectivity index (χ2v) is 3.35. The summed E-state index contributed by atoms with van der Waals surface area (Å²) in [5.74, 6) is -0.788. The van der Waals surface area contributed by atoms with Crippen LogP contribution in [0.3, 0.4) is 0 Å². The molecule has 0 bridgehead atoms. The monoisotopic (exact) mass is 225 g/mol. The number of pyridine rings is 1. The Morgan fingerprint density at radius 3 is 2.94 bits per heavy atom. The van der Waals surface area contributed by atoms with Crippen molar-refractivity contribution in [2.24, 2.45) is 0 Å². The van der Waals surface area contributed by atoms with Crippen LogP contribution in [0.4, 0.5) is 4.39 Å². The van der Waals surface area contributed by atoms with Gasteiger partial charge in [0, 0.05) is 12.7 Å². The molecule has 5 heteroatoms. The van der Waals surface area contributed by atoms with Crippen molar-refractivity contribution >= 4 is 5.91 Å². The Morgan fingerprint density at radius 2 is 2.25 bits per heavy atom. The lowest BCUT2D eigenvalue weighted by molar-refractivity contribution is 0.0952. The quantitative estimate of drug-likeness (QED) is 0.709. The molecule has 2 N–H and O–H groups in total. The highest BCUT2D eigenvalue weighted by Gasteiger charge is 2.05. The molecule has 88 valence electrons. The number of nitrogens with zero attached hydrogens (tertiary/aromatic N) is 1. The molecule has 0 fully saturated rings. The predicted molar refractivity (Wildman–Crippen MR) is 59.7 cm³/mol. The Morgan fingerprint density at radius 1 is 1.44 bits per heavy atom. The Balaban J connectivity index is 2.30. The molecule has 0 aliphatic rings. The summed E-state index contributed by atoms with van der Waals surface area (Å²) in [5, 5.41) is 5.85. The van der Waals surface area contributed by atoms with Crippen molar-refractivity contribution in [1.82, 2.24) is 15.6 Å². The smallest absolute Gasteiger partial charge is 0.252 e. The van der Waals surface area contributed by atoms with E-state index in [0.717, 1.165) is 25.7 Å². The van der Waals surface area contributed by atoms with Crippen LogP contribution in [0.1, 0.15) is 23.7 Å². The van der Waals surface area contributed by atoms with Crippen molar-refractivity contribution in [3.8, 4) is 0 Å². The normalized spacial score (nSPS) is 10.1. The highest BCUT2D eigenvalue weighted by molar-refractivity contribution is 5.93. The fourth-order valence-corrected chi connectivity index (χ4v) is 1.23. The molecule has 4 nitrogen and oxygen atoms in total. The first kappa shape index (κ1) is 12.6. The number of nitrogens with one attached hydrogen (secondary N) is 2. The molecule has 0 aliphatic carbocycles. The molecule has 0 atom stereocenters. The Bertz CT molecular complexity index is 344. The van der Waals surface area contributed by atoms with Crippen LogP contribution in [-0.4, -0.2) is 30.5 Å². The third-order valence-electron chi connectivity index (χ3n) is 2.03. The van der Waals surface area contributed by atoms with Gasteiger partial charge in [-0.1, -0.05) is 6.92 Å². The van der Waals surface area contributed by atoms with Crippen LogP contribution in [0, 0.1) is 5.82 Å². The van der Waals surface area contributed by atoms with E-state index in [1.54, 1.807) is 0 Å². The first-order valence-corrected chi connectivity index (χ1v) is 5.33. The van der Waals surface area contributed by atoms with Crippen LogP contribution >= 0.6 is 0 Å². The Hall–Kier alpha value is -1.49. The highest BCUT2D eigenvalue weighted by atomic mass is 19.1. The van der Waals surface area contributed by atoms with Gasteiger partial charge in [0.2, 0.25) is 0 Å². The van der Waals surface area contributed by atoms with Gasteiger partial charge in [-0.25, -0.2) is 4.39 Å². The topological polar surface area (TPSA) is 54.0 Å². The molecular formula is C11H16FN3O. The van der Waals surface area contributed by atoms with Crippen LogP contribution in [0.2, 0.25) is 0 Å². The molecule has 0 aliphatic heterocycles. The molecule has 1 rings (SSSR count). The molecule has 0 unspecified atom stereocenters. The number of aromatic nitrogens is 1. The fourth-order valence-electron chi connectivity index (χ4n) is 1.23. The summed E-state index contributed by atoms with van der Waals surface area (Å²) in [4.78, 5) is 15.1. The number of hydrogen-bond acceptors (Lipinski definition) is 3. The molecule has 0 radical (unpaired) electrons. The number of halogens is 1. The van der Waals surface area contributed by atoms with Crippen LogP contribution < -0.4 is 10.6 Å². The van der Waals surface area contributed by atoms with E-state index in [0.29, 0.717) is 6.54 Å². The Labute approximate surface area is 94.3 Å². The van der Waals surface area contributed by atoms with Gasteiger partial charge in [-0.05, 0) is 25.6 Å². The van der Waals surface area contributed by atoms with Gasteiger partial charge in [-0.15, -0.1) is 0 Å². The van der Waals surface area contributed by atoms with E-state index in [1.807, 2.05) is 6.92 Å². The zero-order chi connectivity index (χ0) is 11.8. The fraction of sp³-hybridized carbons (Fsp3) is 0.455. The molecule has 0 spiro atoms. The second-order valence-electron chi connectivity index (χ2n) is 3.35. The van der Waals surface area contributed by atoms with Gasteiger partial charge < -0.3 is 10.6 Å². The third-order valence-corrected chi connectivity index (χ3v) is 2.03. The number of carbonyl (C=O) groups excluding carboxylic acids is 1. The van der Waals surface area contributed by atoms with Crippen molar-refractivity contribution in [1.29, 1.82) is 0 Å². The second kappa shape index (κ2) is 6.90. The van der Waals surface area contributed by atoms with E-state index in [9.17, 15) is 9.18 Å². The van der Waals surface area contributed by atoms with E-state index in [2.05, 4.69) is 15.6 Å². The number of amides is 1. The molecular weight excluding hydrogens is 209 g/mol. The molecule has 1 amide bonds. The standard InChI is InChI=1S/C11H16FN3O/c1-2-13-4-3-5-15-11(16)9-6-10(12)8-14-7-9/h6-8,13H,2-5H2,1H3,(H,15,16). The lowest BCUT2D eigenvalue weighted by Gasteiger charge is -2.05. The molecule has 1 heterocycles. The molecule has 1 aromatic rings. The minimum absolute atomic E-state index is 0.253. The van der Waals surface area contributed by atoms with Crippen molar-refractivity contribution < 1.29 is 9.18 Å². The lowest BCUT2D eigenvalue weighted by Crippen LogP contribution is -2.27. The number of rotatable bonds is 6. The SMILES string of the molecule is CCNCCCNC(=O)c1cncc(F)c1. The maximum Gasteiger partial charge on any atom is 0.252 e. The highest BCUT2D eigenvalue weighted by Crippen LogP contribution is 2.00.